The van der Waals surface area contributed by atoms with Crippen molar-refractivity contribution in [3.63, 3.8) is 0 Å². The van der Waals surface area contributed by atoms with Crippen molar-refractivity contribution in [2.24, 2.45) is 0 Å². The van der Waals surface area contributed by atoms with Gasteiger partial charge in [-0.25, -0.2) is 19.6 Å². The molecule has 4 bridgehead atoms. The number of ether oxygens (including phenoxy) is 4. The largest absolute Gasteiger partial charge is 0.454 e. The highest BCUT2D eigenvalue weighted by atomic mass is 35.5. The summed E-state index contributed by atoms with van der Waals surface area (Å²) >= 11 is 10.3. The zero-order chi connectivity index (χ0) is 57.2. The molecular weight excluding hydrogens is 1140 g/mol. The van der Waals surface area contributed by atoms with Gasteiger partial charge in [-0.2, -0.15) is 0 Å². The average molecular weight is 1180 g/mol. The molecule has 0 saturated carbocycles. The molecule has 22 aromatic carbocycles. The first-order valence-electron chi connectivity index (χ1n) is 31.9. The molecular formula is C78H35ClO9Si. The molecule has 33 rings (SSSR count). The van der Waals surface area contributed by atoms with Gasteiger partial charge in [-0.05, 0) is 254 Å². The van der Waals surface area contributed by atoms with E-state index in [1.54, 1.807) is 0 Å². The summed E-state index contributed by atoms with van der Waals surface area (Å²) in [6.45, 7) is 17.2. The van der Waals surface area contributed by atoms with Gasteiger partial charge in [0.05, 0.1) is 11.2 Å². The van der Waals surface area contributed by atoms with Gasteiger partial charge in [-0.3, -0.25) is 0 Å². The van der Waals surface area contributed by atoms with Crippen LogP contribution in [0.15, 0.2) is 53.0 Å². The summed E-state index contributed by atoms with van der Waals surface area (Å²) in [5.41, 5.74) is 4.72. The number of halogens is 1. The third-order valence-electron chi connectivity index (χ3n) is 27.2. The van der Waals surface area contributed by atoms with Crippen molar-refractivity contribution < 1.29 is 42.9 Å². The summed E-state index contributed by atoms with van der Waals surface area (Å²) in [6, 6.07) is 10.8. The minimum absolute atomic E-state index is 0.506. The fourth-order valence-corrected chi connectivity index (χ4v) is 29.0. The van der Waals surface area contributed by atoms with E-state index >= 15 is 0 Å². The lowest BCUT2D eigenvalue weighted by atomic mass is 9.63. The molecule has 4 heterocycles. The number of hydrogen-bond donors (Lipinski definition) is 0. The van der Waals surface area contributed by atoms with Crippen molar-refractivity contribution >= 4 is 241 Å². The molecule has 0 aromatic heterocycles. The van der Waals surface area contributed by atoms with Gasteiger partial charge >= 0.3 is 0 Å². The Morgan fingerprint density at radius 2 is 0.596 bits per heavy atom. The maximum atomic E-state index is 10.3. The smallest absolute Gasteiger partial charge is 0.265 e. The van der Waals surface area contributed by atoms with Crippen molar-refractivity contribution in [1.82, 2.24) is 0 Å². The highest BCUT2D eigenvalue weighted by Gasteiger charge is 2.85. The third-order valence-corrected chi connectivity index (χ3v) is 30.4. The Hall–Kier alpha value is -7.97. The van der Waals surface area contributed by atoms with E-state index in [1.165, 1.54) is 215 Å². The van der Waals surface area contributed by atoms with Gasteiger partial charge in [0.2, 0.25) is 13.9 Å². The molecule has 4 aliphatic heterocycles. The first kappa shape index (κ1) is 41.3. The van der Waals surface area contributed by atoms with Crippen molar-refractivity contribution in [1.29, 1.82) is 0 Å². The minimum Gasteiger partial charge on any atom is -0.454 e. The lowest BCUT2D eigenvalue weighted by Crippen LogP contribution is -2.60. The Morgan fingerprint density at radius 1 is 0.348 bits per heavy atom. The van der Waals surface area contributed by atoms with Crippen molar-refractivity contribution in [2.45, 2.75) is 99.1 Å². The van der Waals surface area contributed by atoms with Gasteiger partial charge in [0.25, 0.3) is 11.6 Å². The van der Waals surface area contributed by atoms with E-state index in [1.807, 2.05) is 14.2 Å². The monoisotopic (exact) mass is 1180 g/mol. The number of hydrogen-bond acceptors (Lipinski definition) is 9. The normalized spacial score (nSPS) is 28.6. The molecule has 22 aromatic rings. The standard InChI is InChI=1S/C78H35ClO9Si/c1-71(2,3)84-86-73-57-47-37-27-22-17-18-20-21-19(17)24-30-28(22)38(37)48-50-40(30)44-34(24)36-26(21)32-31-25(20)35-33-23(18)29(27)39-43(33)53-55-45(35)41(31)51-52-42(32)46(36)56-54(44)64-60(50)74(58(48)57,87-85-72(4,5)6)68-67(73)69-76(88-89(9,10)16-14-12-11-13-15-16)70(68)83-78(64,81-8)66(56)62(52)75(76,79)61(51)65(55)77(80-7,82-69)63(53)59(73)49(39)47/h11-15H,1-10H3. The number of rotatable bonds is 9. The molecule has 0 N–H and O–H groups in total. The molecule has 0 fully saturated rings. The molecule has 11 aliphatic rings. The Morgan fingerprint density at radius 3 is 0.876 bits per heavy atom. The first-order chi connectivity index (χ1) is 43.0. The Labute approximate surface area is 502 Å². The van der Waals surface area contributed by atoms with Gasteiger partial charge in [-0.1, -0.05) is 30.3 Å². The van der Waals surface area contributed by atoms with Gasteiger partial charge in [0.1, 0.15) is 16.4 Å². The summed E-state index contributed by atoms with van der Waals surface area (Å²) in [4.78, 5) is 29.7. The number of alkyl halides is 1. The van der Waals surface area contributed by atoms with E-state index in [0.29, 0.717) is 11.5 Å². The molecule has 412 valence electrons. The molecule has 9 nitrogen and oxygen atoms in total. The van der Waals surface area contributed by atoms with Crippen molar-refractivity contribution in [3.8, 4) is 0 Å². The van der Waals surface area contributed by atoms with E-state index in [0.717, 1.165) is 72.0 Å². The fraction of sp³-hybridized carbons (Fsp3) is 0.231. The summed E-state index contributed by atoms with van der Waals surface area (Å²) in [5.74, 6) is -2.24. The molecule has 4 unspecified atom stereocenters. The minimum atomic E-state index is -3.36. The topological polar surface area (TPSA) is 83.1 Å². The highest BCUT2D eigenvalue weighted by molar-refractivity contribution is 6.85. The first-order valence-corrected chi connectivity index (χ1v) is 35.2. The second kappa shape index (κ2) is 9.87. The van der Waals surface area contributed by atoms with Crippen LogP contribution in [0.1, 0.15) is 97.2 Å². The second-order valence-electron chi connectivity index (χ2n) is 32.2. The Balaban J connectivity index is 1.05. The fourth-order valence-electron chi connectivity index (χ4n) is 26.1. The summed E-state index contributed by atoms with van der Waals surface area (Å²) in [7, 11) is 0.414. The van der Waals surface area contributed by atoms with Crippen LogP contribution >= 0.6 is 11.6 Å². The lowest BCUT2D eigenvalue weighted by molar-refractivity contribution is -0.402. The van der Waals surface area contributed by atoms with E-state index in [-0.39, 0.29) is 0 Å². The second-order valence-corrected chi connectivity index (χ2v) is 36.6. The maximum absolute atomic E-state index is 10.3. The van der Waals surface area contributed by atoms with Crippen molar-refractivity contribution in [3.05, 3.63) is 109 Å². The van der Waals surface area contributed by atoms with Gasteiger partial charge in [0, 0.05) is 103 Å². The Kier molecular flexibility index (Phi) is 4.59. The molecule has 0 amide bonds. The van der Waals surface area contributed by atoms with Crippen LogP contribution in [0.3, 0.4) is 0 Å². The zero-order valence-electron chi connectivity index (χ0n) is 48.9. The SMILES string of the molecule is COC12OC3=C4C5=C6OC7(OC)c8c9c%10c%11c(c%12c%13c%14c(c1c1c%15c2c2c%16c%17c(c7c7c8c8c%10c%10c%18c%11c%13c%11c%13c%14c1c1c%14c%15c%16c%15c%16c%17c7c7c8c%10c8c(c%11%18)c(c1%13)c(c%14%15)c8c7%16)C2(Cl)C36O[Si](C)(C)c1ccccc1)C4%12OOC(C)(C)C)C59OOC(C)(C)C. The zero-order valence-corrected chi connectivity index (χ0v) is 50.7. The predicted molar refractivity (Wildman–Crippen MR) is 349 cm³/mol. The molecule has 0 saturated heterocycles. The number of benzene rings is 16. The quantitative estimate of drug-likeness (QED) is 0.0461. The van der Waals surface area contributed by atoms with Gasteiger partial charge in [-0.15, -0.1) is 11.6 Å². The van der Waals surface area contributed by atoms with Crippen LogP contribution in [0.5, 0.6) is 0 Å². The summed E-state index contributed by atoms with van der Waals surface area (Å²) in [5, 5.41) is 54.4. The number of methoxy groups -OCH3 is 2. The van der Waals surface area contributed by atoms with Crippen LogP contribution < -0.4 is 5.19 Å². The molecule has 89 heavy (non-hydrogen) atoms. The molecule has 7 aliphatic carbocycles. The van der Waals surface area contributed by atoms with Crippen LogP contribution in [0.4, 0.5) is 0 Å². The van der Waals surface area contributed by atoms with E-state index in [4.69, 9.17) is 42.9 Å². The van der Waals surface area contributed by atoms with Crippen molar-refractivity contribution in [2.75, 3.05) is 14.2 Å². The van der Waals surface area contributed by atoms with Crippen LogP contribution in [-0.2, 0) is 70.6 Å². The maximum Gasteiger partial charge on any atom is 0.265 e. The van der Waals surface area contributed by atoms with Gasteiger partial charge < -0.3 is 23.4 Å². The lowest BCUT2D eigenvalue weighted by Gasteiger charge is -2.47. The summed E-state index contributed by atoms with van der Waals surface area (Å²) in [6.07, 6.45) is 0. The molecule has 0 radical (unpaired) electrons. The Bertz CT molecular complexity index is 7240. The van der Waals surface area contributed by atoms with E-state index in [9.17, 15) is 11.6 Å². The van der Waals surface area contributed by atoms with Gasteiger partial charge in [0.15, 0.2) is 11.2 Å². The van der Waals surface area contributed by atoms with Crippen LogP contribution in [-0.4, -0.2) is 39.3 Å². The van der Waals surface area contributed by atoms with E-state index < -0.39 is 52.8 Å². The molecule has 0 spiro atoms. The van der Waals surface area contributed by atoms with E-state index in [2.05, 4.69) is 85.0 Å². The van der Waals surface area contributed by atoms with Crippen LogP contribution in [0.25, 0.3) is 215 Å². The van der Waals surface area contributed by atoms with Crippen LogP contribution in [0, 0.1) is 0 Å². The van der Waals surface area contributed by atoms with Crippen LogP contribution in [0.2, 0.25) is 13.1 Å². The molecule has 4 atom stereocenters. The highest BCUT2D eigenvalue weighted by Crippen LogP contribution is 2.89. The predicted octanol–water partition coefficient (Wildman–Crippen LogP) is 17.8. The summed E-state index contributed by atoms with van der Waals surface area (Å²) < 4.78 is 42.7. The average Bonchev–Trinajstić information content (AvgIpc) is 1.38. The molecule has 11 heteroatoms. The third kappa shape index (κ3) is 2.67.